The van der Waals surface area contributed by atoms with Crippen LogP contribution in [-0.4, -0.2) is 10.5 Å². The Morgan fingerprint density at radius 3 is 2.74 bits per heavy atom. The van der Waals surface area contributed by atoms with Crippen molar-refractivity contribution in [2.24, 2.45) is 4.99 Å². The van der Waals surface area contributed by atoms with Gasteiger partial charge in [0.25, 0.3) is 5.91 Å². The Labute approximate surface area is 141 Å². The Balaban J connectivity index is 2.16. The quantitative estimate of drug-likeness (QED) is 0.646. The molecule has 1 aromatic heterocycles. The molecule has 1 amide bonds. The minimum absolute atomic E-state index is 0.346. The summed E-state index contributed by atoms with van der Waals surface area (Å²) in [6, 6.07) is 11.3. The maximum Gasteiger partial charge on any atom is 0.279 e. The molecule has 0 unspecified atom stereocenters. The molecule has 0 spiro atoms. The zero-order valence-electron chi connectivity index (χ0n) is 12.0. The molecule has 23 heavy (non-hydrogen) atoms. The monoisotopic (exact) mass is 346 g/mol. The highest BCUT2D eigenvalue weighted by Gasteiger charge is 2.11. The molecule has 0 radical (unpaired) electrons. The van der Waals surface area contributed by atoms with Crippen LogP contribution < -0.4 is 4.80 Å². The number of rotatable bonds is 3. The second-order valence-electron chi connectivity index (χ2n) is 4.79. The van der Waals surface area contributed by atoms with Crippen molar-refractivity contribution in [2.45, 2.75) is 6.54 Å². The lowest BCUT2D eigenvalue weighted by Gasteiger charge is -2.01. The molecule has 0 aliphatic heterocycles. The third-order valence-corrected chi connectivity index (χ3v) is 4.55. The van der Waals surface area contributed by atoms with Gasteiger partial charge in [-0.25, -0.2) is 4.39 Å². The SMILES string of the molecule is C=CCn1c(=NC(=O)c2ccc(Cl)cc2)sc2cccc(F)c21. The largest absolute Gasteiger partial charge is 0.310 e. The first-order valence-electron chi connectivity index (χ1n) is 6.83. The number of hydrogen-bond acceptors (Lipinski definition) is 2. The van der Waals surface area contributed by atoms with Crippen LogP contribution in [0.2, 0.25) is 5.02 Å². The predicted octanol–water partition coefficient (Wildman–Crippen LogP) is 4.42. The third kappa shape index (κ3) is 3.11. The number of hydrogen-bond donors (Lipinski definition) is 0. The minimum atomic E-state index is -0.397. The molecular formula is C17H12ClFN2OS. The molecule has 0 N–H and O–H groups in total. The molecule has 0 saturated heterocycles. The predicted molar refractivity (Wildman–Crippen MR) is 91.3 cm³/mol. The highest BCUT2D eigenvalue weighted by molar-refractivity contribution is 7.16. The molecule has 3 aromatic rings. The highest BCUT2D eigenvalue weighted by atomic mass is 35.5. The van der Waals surface area contributed by atoms with Crippen LogP contribution >= 0.6 is 22.9 Å². The van der Waals surface area contributed by atoms with Crippen LogP contribution in [0, 0.1) is 5.82 Å². The summed E-state index contributed by atoms with van der Waals surface area (Å²) in [5.74, 6) is -0.743. The molecule has 0 bridgehead atoms. The Kier molecular flexibility index (Phi) is 4.41. The van der Waals surface area contributed by atoms with Crippen LogP contribution in [0.1, 0.15) is 10.4 Å². The van der Waals surface area contributed by atoms with Gasteiger partial charge < -0.3 is 4.57 Å². The third-order valence-electron chi connectivity index (χ3n) is 3.25. The maximum atomic E-state index is 14.1. The molecule has 116 valence electrons. The van der Waals surface area contributed by atoms with Gasteiger partial charge in [-0.05, 0) is 36.4 Å². The second kappa shape index (κ2) is 6.48. The second-order valence-corrected chi connectivity index (χ2v) is 6.24. The van der Waals surface area contributed by atoms with Gasteiger partial charge in [0.1, 0.15) is 5.82 Å². The van der Waals surface area contributed by atoms with Gasteiger partial charge in [0.2, 0.25) is 0 Å². The van der Waals surface area contributed by atoms with Crippen molar-refractivity contribution in [2.75, 3.05) is 0 Å². The van der Waals surface area contributed by atoms with Crippen LogP contribution in [0.4, 0.5) is 4.39 Å². The Morgan fingerprint density at radius 2 is 2.04 bits per heavy atom. The van der Waals surface area contributed by atoms with E-state index in [9.17, 15) is 9.18 Å². The van der Waals surface area contributed by atoms with Crippen molar-refractivity contribution in [3.8, 4) is 0 Å². The molecule has 3 nitrogen and oxygen atoms in total. The van der Waals surface area contributed by atoms with Gasteiger partial charge >= 0.3 is 0 Å². The van der Waals surface area contributed by atoms with Crippen molar-refractivity contribution < 1.29 is 9.18 Å². The van der Waals surface area contributed by atoms with Gasteiger partial charge in [0.05, 0.1) is 10.2 Å². The summed E-state index contributed by atoms with van der Waals surface area (Å²) in [4.78, 5) is 16.9. The van der Waals surface area contributed by atoms with E-state index in [0.29, 0.717) is 27.4 Å². The summed E-state index contributed by atoms with van der Waals surface area (Å²) < 4.78 is 16.5. The lowest BCUT2D eigenvalue weighted by molar-refractivity contribution is 0.0998. The van der Waals surface area contributed by atoms with E-state index in [1.165, 1.54) is 17.4 Å². The van der Waals surface area contributed by atoms with Crippen molar-refractivity contribution in [1.29, 1.82) is 0 Å². The summed E-state index contributed by atoms with van der Waals surface area (Å²) in [5.41, 5.74) is 0.859. The molecular weight excluding hydrogens is 335 g/mol. The first-order chi connectivity index (χ1) is 11.1. The van der Waals surface area contributed by atoms with E-state index in [-0.39, 0.29) is 5.82 Å². The molecule has 0 aliphatic rings. The normalized spacial score (nSPS) is 11.8. The molecule has 0 saturated carbocycles. The van der Waals surface area contributed by atoms with Crippen molar-refractivity contribution in [3.05, 3.63) is 76.3 Å². The minimum Gasteiger partial charge on any atom is -0.310 e. The number of aromatic nitrogens is 1. The van der Waals surface area contributed by atoms with Crippen molar-refractivity contribution >= 4 is 39.1 Å². The van der Waals surface area contributed by atoms with Crippen molar-refractivity contribution in [1.82, 2.24) is 4.57 Å². The van der Waals surface area contributed by atoms with Gasteiger partial charge in [0, 0.05) is 17.1 Å². The Bertz CT molecular complexity index is 957. The van der Waals surface area contributed by atoms with Crippen LogP contribution in [0.3, 0.4) is 0 Å². The number of amides is 1. The summed E-state index contributed by atoms with van der Waals surface area (Å²) in [6.07, 6.45) is 1.64. The van der Waals surface area contributed by atoms with Crippen LogP contribution in [0.5, 0.6) is 0 Å². The standard InChI is InChI=1S/C17H12ClFN2OS/c1-2-10-21-15-13(19)4-3-5-14(15)23-17(21)20-16(22)11-6-8-12(18)9-7-11/h2-9H,1,10H2. The van der Waals surface area contributed by atoms with Gasteiger partial charge in [0.15, 0.2) is 4.80 Å². The van der Waals surface area contributed by atoms with E-state index in [1.807, 2.05) is 0 Å². The van der Waals surface area contributed by atoms with E-state index >= 15 is 0 Å². The fourth-order valence-corrected chi connectivity index (χ4v) is 3.39. The van der Waals surface area contributed by atoms with Crippen molar-refractivity contribution in [3.63, 3.8) is 0 Å². The molecule has 0 aliphatic carbocycles. The molecule has 1 heterocycles. The molecule has 3 rings (SSSR count). The van der Waals surface area contributed by atoms with Gasteiger partial charge in [-0.2, -0.15) is 4.99 Å². The van der Waals surface area contributed by atoms with E-state index in [0.717, 1.165) is 4.70 Å². The summed E-state index contributed by atoms with van der Waals surface area (Å²) in [7, 11) is 0. The number of allylic oxidation sites excluding steroid dienone is 1. The fraction of sp³-hybridized carbons (Fsp3) is 0.0588. The summed E-state index contributed by atoms with van der Waals surface area (Å²) in [5, 5.41) is 0.548. The van der Waals surface area contributed by atoms with Crippen LogP contribution in [-0.2, 0) is 6.54 Å². The maximum absolute atomic E-state index is 14.1. The smallest absolute Gasteiger partial charge is 0.279 e. The fourth-order valence-electron chi connectivity index (χ4n) is 2.21. The first-order valence-corrected chi connectivity index (χ1v) is 8.03. The topological polar surface area (TPSA) is 34.4 Å². The average Bonchev–Trinajstić information content (AvgIpc) is 2.87. The average molecular weight is 347 g/mol. The number of thiazole rings is 1. The van der Waals surface area contributed by atoms with Gasteiger partial charge in [-0.1, -0.05) is 35.1 Å². The van der Waals surface area contributed by atoms with Crippen LogP contribution in [0.15, 0.2) is 60.1 Å². The van der Waals surface area contributed by atoms with E-state index in [1.54, 1.807) is 47.0 Å². The first kappa shape index (κ1) is 15.6. The van der Waals surface area contributed by atoms with E-state index in [2.05, 4.69) is 11.6 Å². The van der Waals surface area contributed by atoms with E-state index < -0.39 is 5.91 Å². The zero-order chi connectivity index (χ0) is 16.4. The molecule has 0 fully saturated rings. The summed E-state index contributed by atoms with van der Waals surface area (Å²) >= 11 is 7.08. The van der Waals surface area contributed by atoms with Gasteiger partial charge in [-0.15, -0.1) is 6.58 Å². The van der Waals surface area contributed by atoms with E-state index in [4.69, 9.17) is 11.6 Å². The number of nitrogens with zero attached hydrogens (tertiary/aromatic N) is 2. The lowest BCUT2D eigenvalue weighted by atomic mass is 10.2. The number of benzene rings is 2. The number of halogens is 2. The number of carbonyl (C=O) groups excluding carboxylic acids is 1. The number of fused-ring (bicyclic) bond motifs is 1. The lowest BCUT2D eigenvalue weighted by Crippen LogP contribution is -2.16. The molecule has 2 aromatic carbocycles. The molecule has 0 atom stereocenters. The summed E-state index contributed by atoms with van der Waals surface area (Å²) in [6.45, 7) is 4.05. The van der Waals surface area contributed by atoms with Crippen LogP contribution in [0.25, 0.3) is 10.2 Å². The highest BCUT2D eigenvalue weighted by Crippen LogP contribution is 2.20. The molecule has 6 heteroatoms. The number of para-hydroxylation sites is 1. The zero-order valence-corrected chi connectivity index (χ0v) is 13.6. The number of carbonyl (C=O) groups is 1. The Hall–Kier alpha value is -2.24. The Morgan fingerprint density at radius 1 is 1.30 bits per heavy atom. The van der Waals surface area contributed by atoms with Gasteiger partial charge in [-0.3, -0.25) is 4.79 Å².